The topological polar surface area (TPSA) is 49.4 Å². The summed E-state index contributed by atoms with van der Waals surface area (Å²) in [7, 11) is 0. The van der Waals surface area contributed by atoms with E-state index in [4.69, 9.17) is 0 Å². The van der Waals surface area contributed by atoms with E-state index in [1.165, 1.54) is 0 Å². The van der Waals surface area contributed by atoms with E-state index in [9.17, 15) is 9.59 Å². The number of nitrogens with zero attached hydrogens (tertiary/aromatic N) is 1. The molecule has 2 rings (SSSR count). The van der Waals surface area contributed by atoms with Crippen LogP contribution in [-0.4, -0.2) is 35.8 Å². The minimum Gasteiger partial charge on any atom is -0.355 e. The average molecular weight is 381 g/mol. The predicted molar refractivity (Wildman–Crippen MR) is 114 cm³/mol. The van der Waals surface area contributed by atoms with Gasteiger partial charge in [-0.05, 0) is 44.7 Å². The zero-order valence-electron chi connectivity index (χ0n) is 17.5. The first-order valence-electron chi connectivity index (χ1n) is 10.1. The van der Waals surface area contributed by atoms with Gasteiger partial charge in [-0.3, -0.25) is 9.59 Å². The predicted octanol–water partition coefficient (Wildman–Crippen LogP) is 3.83. The zero-order valence-corrected chi connectivity index (χ0v) is 17.5. The summed E-state index contributed by atoms with van der Waals surface area (Å²) in [5.74, 6) is -0.0779. The van der Waals surface area contributed by atoms with Crippen molar-refractivity contribution in [3.8, 4) is 0 Å². The maximum absolute atomic E-state index is 13.2. The van der Waals surface area contributed by atoms with Gasteiger partial charge in [0.2, 0.25) is 11.8 Å². The Kier molecular flexibility index (Phi) is 8.24. The highest BCUT2D eigenvalue weighted by Crippen LogP contribution is 2.14. The van der Waals surface area contributed by atoms with Gasteiger partial charge in [0.1, 0.15) is 6.04 Å². The lowest BCUT2D eigenvalue weighted by molar-refractivity contribution is -0.140. The summed E-state index contributed by atoms with van der Waals surface area (Å²) in [6.07, 6.45) is 1.64. The third-order valence-electron chi connectivity index (χ3n) is 4.86. The molecule has 150 valence electrons. The van der Waals surface area contributed by atoms with E-state index in [0.717, 1.165) is 28.7 Å². The van der Waals surface area contributed by atoms with Gasteiger partial charge in [0.15, 0.2) is 0 Å². The fourth-order valence-electron chi connectivity index (χ4n) is 3.64. The first-order chi connectivity index (χ1) is 13.4. The molecule has 0 fully saturated rings. The lowest BCUT2D eigenvalue weighted by Crippen LogP contribution is -2.50. The number of rotatable bonds is 9. The SMILES string of the molecule is CCNC(=O)[C@@H](CC)N(CCc1ccccc1)C(=O)Cc1cc(C)cc(C)c1. The number of carbonyl (C=O) groups is 2. The van der Waals surface area contributed by atoms with E-state index in [0.29, 0.717) is 25.9 Å². The molecule has 1 N–H and O–H groups in total. The summed E-state index contributed by atoms with van der Waals surface area (Å²) >= 11 is 0. The second-order valence-electron chi connectivity index (χ2n) is 7.31. The van der Waals surface area contributed by atoms with Gasteiger partial charge in [0, 0.05) is 13.1 Å². The lowest BCUT2D eigenvalue weighted by atomic mass is 10.0. The molecule has 2 aromatic rings. The van der Waals surface area contributed by atoms with Gasteiger partial charge < -0.3 is 10.2 Å². The highest BCUT2D eigenvalue weighted by molar-refractivity contribution is 5.88. The zero-order chi connectivity index (χ0) is 20.5. The molecule has 0 unspecified atom stereocenters. The Labute approximate surface area is 169 Å². The average Bonchev–Trinajstić information content (AvgIpc) is 2.65. The molecule has 28 heavy (non-hydrogen) atoms. The van der Waals surface area contributed by atoms with Crippen LogP contribution in [0.3, 0.4) is 0 Å². The van der Waals surface area contributed by atoms with Crippen LogP contribution in [0.4, 0.5) is 0 Å². The Bertz CT molecular complexity index is 766. The maximum atomic E-state index is 13.2. The van der Waals surface area contributed by atoms with Gasteiger partial charge >= 0.3 is 0 Å². The number of hydrogen-bond acceptors (Lipinski definition) is 2. The summed E-state index contributed by atoms with van der Waals surface area (Å²) in [5.41, 5.74) is 4.46. The number of carbonyl (C=O) groups excluding carboxylic acids is 2. The first-order valence-corrected chi connectivity index (χ1v) is 10.1. The highest BCUT2D eigenvalue weighted by atomic mass is 16.2. The summed E-state index contributed by atoms with van der Waals surface area (Å²) < 4.78 is 0. The Morgan fingerprint density at radius 2 is 1.61 bits per heavy atom. The van der Waals surface area contributed by atoms with Crippen LogP contribution < -0.4 is 5.32 Å². The number of likely N-dealkylation sites (N-methyl/N-ethyl adjacent to an activating group) is 1. The van der Waals surface area contributed by atoms with Crippen molar-refractivity contribution >= 4 is 11.8 Å². The number of benzene rings is 2. The molecule has 2 amide bonds. The molecule has 4 heteroatoms. The summed E-state index contributed by atoms with van der Waals surface area (Å²) in [4.78, 5) is 27.6. The van der Waals surface area contributed by atoms with Crippen LogP contribution in [0, 0.1) is 13.8 Å². The molecular weight excluding hydrogens is 348 g/mol. The van der Waals surface area contributed by atoms with Crippen LogP contribution in [0.2, 0.25) is 0 Å². The molecule has 1 atom stereocenters. The van der Waals surface area contributed by atoms with Gasteiger partial charge in [0.25, 0.3) is 0 Å². The molecule has 4 nitrogen and oxygen atoms in total. The minimum atomic E-state index is -0.443. The summed E-state index contributed by atoms with van der Waals surface area (Å²) in [6, 6.07) is 15.8. The molecule has 0 aliphatic rings. The van der Waals surface area contributed by atoms with Crippen LogP contribution in [0.1, 0.15) is 42.5 Å². The molecule has 0 radical (unpaired) electrons. The molecule has 2 aromatic carbocycles. The number of nitrogens with one attached hydrogen (secondary N) is 1. The van der Waals surface area contributed by atoms with Gasteiger partial charge in [-0.2, -0.15) is 0 Å². The van der Waals surface area contributed by atoms with Crippen molar-refractivity contribution in [3.63, 3.8) is 0 Å². The lowest BCUT2D eigenvalue weighted by Gasteiger charge is -2.30. The Morgan fingerprint density at radius 1 is 0.964 bits per heavy atom. The number of aryl methyl sites for hydroxylation is 2. The standard InChI is InChI=1S/C24H32N2O2/c1-5-22(24(28)25-6-2)26(13-12-20-10-8-7-9-11-20)23(27)17-21-15-18(3)14-19(4)16-21/h7-11,14-16,22H,5-6,12-13,17H2,1-4H3,(H,25,28)/t22-/m1/s1. The van der Waals surface area contributed by atoms with E-state index >= 15 is 0 Å². The van der Waals surface area contributed by atoms with Crippen LogP contribution in [0.25, 0.3) is 0 Å². The molecule has 0 aromatic heterocycles. The van der Waals surface area contributed by atoms with Crippen LogP contribution in [0.5, 0.6) is 0 Å². The van der Waals surface area contributed by atoms with Gasteiger partial charge in [-0.1, -0.05) is 66.6 Å². The molecule has 0 spiro atoms. The van der Waals surface area contributed by atoms with Crippen molar-refractivity contribution in [2.75, 3.05) is 13.1 Å². The van der Waals surface area contributed by atoms with Crippen molar-refractivity contribution in [1.82, 2.24) is 10.2 Å². The van der Waals surface area contributed by atoms with E-state index in [-0.39, 0.29) is 11.8 Å². The normalized spacial score (nSPS) is 11.7. The number of hydrogen-bond donors (Lipinski definition) is 1. The van der Waals surface area contributed by atoms with Crippen LogP contribution >= 0.6 is 0 Å². The molecule has 0 aliphatic heterocycles. The van der Waals surface area contributed by atoms with Gasteiger partial charge in [0.05, 0.1) is 6.42 Å². The van der Waals surface area contributed by atoms with Crippen molar-refractivity contribution in [2.45, 2.75) is 53.0 Å². The van der Waals surface area contributed by atoms with E-state index < -0.39 is 6.04 Å². The second kappa shape index (κ2) is 10.6. The van der Waals surface area contributed by atoms with E-state index in [1.54, 1.807) is 4.90 Å². The fraction of sp³-hybridized carbons (Fsp3) is 0.417. The van der Waals surface area contributed by atoms with Crippen LogP contribution in [-0.2, 0) is 22.4 Å². The summed E-state index contributed by atoms with van der Waals surface area (Å²) in [6.45, 7) is 9.03. The van der Waals surface area contributed by atoms with Gasteiger partial charge in [-0.15, -0.1) is 0 Å². The van der Waals surface area contributed by atoms with Crippen molar-refractivity contribution in [1.29, 1.82) is 0 Å². The second-order valence-corrected chi connectivity index (χ2v) is 7.31. The summed E-state index contributed by atoms with van der Waals surface area (Å²) in [5, 5.41) is 2.88. The molecular formula is C24H32N2O2. The first kappa shape index (κ1) is 21.7. The van der Waals surface area contributed by atoms with Crippen molar-refractivity contribution < 1.29 is 9.59 Å². The quantitative estimate of drug-likeness (QED) is 0.719. The molecule has 0 saturated carbocycles. The van der Waals surface area contributed by atoms with E-state index in [2.05, 4.69) is 23.5 Å². The van der Waals surface area contributed by atoms with Crippen molar-refractivity contribution in [2.24, 2.45) is 0 Å². The Morgan fingerprint density at radius 3 is 2.18 bits per heavy atom. The van der Waals surface area contributed by atoms with E-state index in [1.807, 2.05) is 58.0 Å². The minimum absolute atomic E-state index is 0.000894. The van der Waals surface area contributed by atoms with Crippen molar-refractivity contribution in [3.05, 3.63) is 70.8 Å². The molecule has 0 aliphatic carbocycles. The number of amides is 2. The third-order valence-corrected chi connectivity index (χ3v) is 4.86. The molecule has 0 bridgehead atoms. The largest absolute Gasteiger partial charge is 0.355 e. The Balaban J connectivity index is 2.21. The fourth-order valence-corrected chi connectivity index (χ4v) is 3.64. The highest BCUT2D eigenvalue weighted by Gasteiger charge is 2.27. The monoisotopic (exact) mass is 380 g/mol. The maximum Gasteiger partial charge on any atom is 0.242 e. The molecule has 0 heterocycles. The Hall–Kier alpha value is -2.62. The van der Waals surface area contributed by atoms with Crippen LogP contribution in [0.15, 0.2) is 48.5 Å². The smallest absolute Gasteiger partial charge is 0.242 e. The third kappa shape index (κ3) is 6.22. The molecule has 0 saturated heterocycles. The van der Waals surface area contributed by atoms with Gasteiger partial charge in [-0.25, -0.2) is 0 Å².